The molecule has 0 fully saturated rings. The smallest absolute Gasteiger partial charge is 0.337 e. The second-order valence-corrected chi connectivity index (χ2v) is 6.48. The van der Waals surface area contributed by atoms with E-state index in [1.54, 1.807) is 43.5 Å². The summed E-state index contributed by atoms with van der Waals surface area (Å²) in [5.41, 5.74) is 0.984. The molecule has 176 valence electrons. The number of carboxylic acid groups (broad SMARTS) is 1. The molecular weight excluding hydrogens is 430 g/mol. The first-order valence-corrected chi connectivity index (χ1v) is 9.93. The monoisotopic (exact) mass is 457 g/mol. The van der Waals surface area contributed by atoms with Gasteiger partial charge in [-0.2, -0.15) is 0 Å². The summed E-state index contributed by atoms with van der Waals surface area (Å²) in [5, 5.41) is 11.7. The summed E-state index contributed by atoms with van der Waals surface area (Å²) in [6.45, 7) is 0.858. The molecule has 0 aromatic heterocycles. The summed E-state index contributed by atoms with van der Waals surface area (Å²) in [7, 11) is 4.61. The summed E-state index contributed by atoms with van der Waals surface area (Å²) >= 11 is 0. The van der Waals surface area contributed by atoms with Crippen molar-refractivity contribution >= 4 is 23.6 Å². The maximum absolute atomic E-state index is 12.1. The number of anilines is 1. The van der Waals surface area contributed by atoms with Crippen LogP contribution in [0.15, 0.2) is 54.6 Å². The summed E-state index contributed by atoms with van der Waals surface area (Å²) in [6.07, 6.45) is 6.23. The van der Waals surface area contributed by atoms with E-state index in [9.17, 15) is 14.7 Å². The summed E-state index contributed by atoms with van der Waals surface area (Å²) < 4.78 is 26.7. The normalized spacial score (nSPS) is 11.0. The standard InChI is InChI=1S/C24H27NO8/c1-29-12-13-32-16-33-23-20(30-2)14-17(15-21(23)31-3)8-4-7-11-22(26)25-19-10-6-5-9-18(19)24(27)28/h4-11,14-15H,12-13,16H2,1-3H3,(H,25,26)(H,27,28)/b8-4+,11-7+. The highest BCUT2D eigenvalue weighted by molar-refractivity contribution is 6.04. The molecule has 1 amide bonds. The third-order valence-electron chi connectivity index (χ3n) is 4.26. The molecule has 2 aromatic rings. The fourth-order valence-electron chi connectivity index (χ4n) is 2.70. The average Bonchev–Trinajstić information content (AvgIpc) is 2.82. The third-order valence-corrected chi connectivity index (χ3v) is 4.26. The number of rotatable bonds is 13. The second-order valence-electron chi connectivity index (χ2n) is 6.48. The van der Waals surface area contributed by atoms with Crippen molar-refractivity contribution in [3.63, 3.8) is 0 Å². The van der Waals surface area contributed by atoms with Gasteiger partial charge in [0, 0.05) is 13.2 Å². The molecule has 0 aliphatic rings. The molecule has 2 rings (SSSR count). The van der Waals surface area contributed by atoms with Gasteiger partial charge in [-0.3, -0.25) is 4.79 Å². The molecule has 2 aromatic carbocycles. The van der Waals surface area contributed by atoms with Crippen molar-refractivity contribution in [2.45, 2.75) is 0 Å². The van der Waals surface area contributed by atoms with Crippen molar-refractivity contribution < 1.29 is 38.4 Å². The van der Waals surface area contributed by atoms with E-state index in [4.69, 9.17) is 23.7 Å². The highest BCUT2D eigenvalue weighted by Crippen LogP contribution is 2.39. The minimum atomic E-state index is -1.12. The van der Waals surface area contributed by atoms with Gasteiger partial charge in [0.1, 0.15) is 0 Å². The number of amides is 1. The average molecular weight is 457 g/mol. The van der Waals surface area contributed by atoms with Crippen LogP contribution >= 0.6 is 0 Å². The molecule has 0 heterocycles. The Morgan fingerprint density at radius 2 is 1.70 bits per heavy atom. The van der Waals surface area contributed by atoms with Gasteiger partial charge in [-0.05, 0) is 29.8 Å². The number of allylic oxidation sites excluding steroid dienone is 2. The zero-order valence-electron chi connectivity index (χ0n) is 18.7. The maximum Gasteiger partial charge on any atom is 0.337 e. The molecule has 2 N–H and O–H groups in total. The zero-order chi connectivity index (χ0) is 24.1. The van der Waals surface area contributed by atoms with Gasteiger partial charge in [0.15, 0.2) is 18.3 Å². The van der Waals surface area contributed by atoms with E-state index in [0.717, 1.165) is 5.56 Å². The Kier molecular flexibility index (Phi) is 10.5. The maximum atomic E-state index is 12.1. The van der Waals surface area contributed by atoms with Crippen molar-refractivity contribution in [1.29, 1.82) is 0 Å². The fraction of sp³-hybridized carbons (Fsp3) is 0.250. The number of carbonyl (C=O) groups is 2. The van der Waals surface area contributed by atoms with E-state index in [1.807, 2.05) is 0 Å². The van der Waals surface area contributed by atoms with E-state index < -0.39 is 11.9 Å². The first-order chi connectivity index (χ1) is 16.0. The quantitative estimate of drug-likeness (QED) is 0.203. The van der Waals surface area contributed by atoms with Crippen molar-refractivity contribution in [2.75, 3.05) is 46.7 Å². The predicted molar refractivity (Wildman–Crippen MR) is 123 cm³/mol. The molecule has 0 atom stereocenters. The van der Waals surface area contributed by atoms with Crippen LogP contribution < -0.4 is 19.5 Å². The lowest BCUT2D eigenvalue weighted by atomic mass is 10.1. The first kappa shape index (κ1) is 25.4. The van der Waals surface area contributed by atoms with E-state index in [2.05, 4.69) is 5.32 Å². The van der Waals surface area contributed by atoms with E-state index in [1.165, 1.54) is 38.5 Å². The van der Waals surface area contributed by atoms with Crippen LogP contribution in [0.4, 0.5) is 5.69 Å². The van der Waals surface area contributed by atoms with Gasteiger partial charge < -0.3 is 34.1 Å². The third kappa shape index (κ3) is 7.99. The minimum absolute atomic E-state index is 0.00806. The van der Waals surface area contributed by atoms with Gasteiger partial charge >= 0.3 is 5.97 Å². The number of nitrogens with one attached hydrogen (secondary N) is 1. The molecular formula is C24H27NO8. The number of carbonyl (C=O) groups excluding carboxylic acids is 1. The Balaban J connectivity index is 2.04. The van der Waals surface area contributed by atoms with Gasteiger partial charge in [0.2, 0.25) is 11.7 Å². The number of carboxylic acids is 1. The topological polar surface area (TPSA) is 113 Å². The van der Waals surface area contributed by atoms with E-state index in [0.29, 0.717) is 30.5 Å². The summed E-state index contributed by atoms with van der Waals surface area (Å²) in [6, 6.07) is 9.68. The second kappa shape index (κ2) is 13.6. The number of aromatic carboxylic acids is 1. The summed E-state index contributed by atoms with van der Waals surface area (Å²) in [4.78, 5) is 23.3. The number of para-hydroxylation sites is 1. The Hall–Kier alpha value is -3.82. The highest BCUT2D eigenvalue weighted by Gasteiger charge is 2.14. The molecule has 9 nitrogen and oxygen atoms in total. The van der Waals surface area contributed by atoms with Gasteiger partial charge in [-0.25, -0.2) is 4.79 Å². The molecule has 0 saturated heterocycles. The van der Waals surface area contributed by atoms with Gasteiger partial charge in [-0.1, -0.05) is 30.4 Å². The molecule has 0 saturated carbocycles. The van der Waals surface area contributed by atoms with Crippen LogP contribution in [0, 0.1) is 0 Å². The number of ether oxygens (including phenoxy) is 5. The molecule has 0 unspecified atom stereocenters. The number of hydrogen-bond donors (Lipinski definition) is 2. The Morgan fingerprint density at radius 1 is 1.00 bits per heavy atom. The van der Waals surface area contributed by atoms with Crippen LogP contribution in [0.5, 0.6) is 17.2 Å². The summed E-state index contributed by atoms with van der Waals surface area (Å²) in [5.74, 6) is -0.262. The van der Waals surface area contributed by atoms with Gasteiger partial charge in [-0.15, -0.1) is 0 Å². The van der Waals surface area contributed by atoms with Gasteiger partial charge in [0.25, 0.3) is 0 Å². The molecule has 0 aliphatic heterocycles. The molecule has 0 bridgehead atoms. The van der Waals surface area contributed by atoms with Crippen LogP contribution in [0.2, 0.25) is 0 Å². The zero-order valence-corrected chi connectivity index (χ0v) is 18.7. The van der Waals surface area contributed by atoms with E-state index >= 15 is 0 Å². The molecule has 9 heteroatoms. The Bertz CT molecular complexity index is 975. The van der Waals surface area contributed by atoms with Gasteiger partial charge in [0.05, 0.1) is 38.7 Å². The largest absolute Gasteiger partial charge is 0.493 e. The fourth-order valence-corrected chi connectivity index (χ4v) is 2.70. The number of methoxy groups -OCH3 is 3. The van der Waals surface area contributed by atoms with Crippen molar-refractivity contribution in [1.82, 2.24) is 0 Å². The lowest BCUT2D eigenvalue weighted by Gasteiger charge is -2.15. The number of benzene rings is 2. The molecule has 33 heavy (non-hydrogen) atoms. The highest BCUT2D eigenvalue weighted by atomic mass is 16.7. The van der Waals surface area contributed by atoms with Crippen molar-refractivity contribution in [3.8, 4) is 17.2 Å². The van der Waals surface area contributed by atoms with Crippen LogP contribution in [0.25, 0.3) is 6.08 Å². The molecule has 0 radical (unpaired) electrons. The molecule has 0 aliphatic carbocycles. The predicted octanol–water partition coefficient (Wildman–Crippen LogP) is 3.61. The van der Waals surface area contributed by atoms with Crippen LogP contribution in [0.1, 0.15) is 15.9 Å². The lowest BCUT2D eigenvalue weighted by molar-refractivity contribution is -0.111. The van der Waals surface area contributed by atoms with E-state index in [-0.39, 0.29) is 18.0 Å². The Labute approximate surface area is 192 Å². The minimum Gasteiger partial charge on any atom is -0.493 e. The Morgan fingerprint density at radius 3 is 2.33 bits per heavy atom. The van der Waals surface area contributed by atoms with Crippen LogP contribution in [-0.4, -0.2) is 58.3 Å². The van der Waals surface area contributed by atoms with Crippen LogP contribution in [-0.2, 0) is 14.3 Å². The molecule has 0 spiro atoms. The first-order valence-electron chi connectivity index (χ1n) is 9.93. The van der Waals surface area contributed by atoms with Crippen molar-refractivity contribution in [2.24, 2.45) is 0 Å². The SMILES string of the molecule is COCCOCOc1c(OC)cc(/C=C/C=C/C(=O)Nc2ccccc2C(=O)O)cc1OC. The lowest BCUT2D eigenvalue weighted by Crippen LogP contribution is -2.11. The van der Waals surface area contributed by atoms with Crippen molar-refractivity contribution in [3.05, 3.63) is 65.8 Å². The number of hydrogen-bond acceptors (Lipinski definition) is 7. The van der Waals surface area contributed by atoms with Crippen LogP contribution in [0.3, 0.4) is 0 Å².